The highest BCUT2D eigenvalue weighted by molar-refractivity contribution is 7.97. The highest BCUT2D eigenvalue weighted by atomic mass is 32.2. The molecule has 0 heterocycles. The van der Waals surface area contributed by atoms with Gasteiger partial charge in [-0.1, -0.05) is 109 Å². The van der Waals surface area contributed by atoms with Gasteiger partial charge in [0.2, 0.25) is 0 Å². The van der Waals surface area contributed by atoms with E-state index in [0.29, 0.717) is 23.6 Å². The highest BCUT2D eigenvalue weighted by Gasteiger charge is 2.33. The van der Waals surface area contributed by atoms with Gasteiger partial charge in [-0.2, -0.15) is 13.2 Å². The summed E-state index contributed by atoms with van der Waals surface area (Å²) in [6, 6.07) is 91.7. The largest absolute Gasteiger partial charge is 0.423 e. The summed E-state index contributed by atoms with van der Waals surface area (Å²) in [5.74, 6) is -4.83. The maximum atomic E-state index is 13.8. The second kappa shape index (κ2) is 30.9. The highest BCUT2D eigenvalue weighted by Crippen LogP contribution is 2.36. The maximum absolute atomic E-state index is 13.8. The molecule has 0 bridgehead atoms. The molecule has 0 unspecified atom stereocenters. The SMILES string of the molecule is O=C(Oc1ccc([S+](c2ccccc2)c2ccccc2)cc1)c1cc(F)cc(F)c1.O=C(Oc1ccc([S+](c2ccccc2)c2ccccc2)cc1)c1ccc(C(F)(F)F)cc1.O=C(Oc1ccc([S+](c2ccccc2)c2ccccc2)cc1)c1ccc(F)cc1F. The molecule has 0 radical (unpaired) electrons. The minimum absolute atomic E-state index is 0.0513. The van der Waals surface area contributed by atoms with E-state index in [0.717, 1.165) is 73.0 Å². The van der Waals surface area contributed by atoms with Gasteiger partial charge in [0, 0.05) is 12.1 Å². The number of ether oxygens (including phenoxy) is 3. The molecule has 0 N–H and O–H groups in total. The van der Waals surface area contributed by atoms with Crippen molar-refractivity contribution in [3.8, 4) is 17.2 Å². The fraction of sp³-hybridized carbons (Fsp3) is 0.0132. The normalized spacial score (nSPS) is 11.0. The molecule has 0 atom stereocenters. The van der Waals surface area contributed by atoms with E-state index in [1.54, 1.807) is 36.4 Å². The van der Waals surface area contributed by atoms with Crippen molar-refractivity contribution in [3.05, 3.63) is 361 Å². The lowest BCUT2D eigenvalue weighted by Crippen LogP contribution is -2.11. The van der Waals surface area contributed by atoms with Crippen LogP contribution < -0.4 is 14.2 Å². The van der Waals surface area contributed by atoms with Gasteiger partial charge >= 0.3 is 24.1 Å². The molecule has 6 nitrogen and oxygen atoms in total. The van der Waals surface area contributed by atoms with Crippen LogP contribution in [0.1, 0.15) is 36.6 Å². The lowest BCUT2D eigenvalue weighted by atomic mass is 10.1. The van der Waals surface area contributed by atoms with Crippen LogP contribution in [-0.2, 0) is 38.9 Å². The molecule has 0 saturated carbocycles. The Morgan fingerprint density at radius 3 is 0.848 bits per heavy atom. The number of halogens is 7. The van der Waals surface area contributed by atoms with Crippen molar-refractivity contribution in [1.29, 1.82) is 0 Å². The van der Waals surface area contributed by atoms with E-state index in [2.05, 4.69) is 72.8 Å². The maximum Gasteiger partial charge on any atom is 0.416 e. The zero-order valence-corrected chi connectivity index (χ0v) is 50.8. The topological polar surface area (TPSA) is 78.9 Å². The van der Waals surface area contributed by atoms with Crippen molar-refractivity contribution in [2.24, 2.45) is 0 Å². The molecule has 12 rings (SSSR count). The molecule has 16 heteroatoms. The van der Waals surface area contributed by atoms with Gasteiger partial charge in [0.1, 0.15) is 40.5 Å². The van der Waals surface area contributed by atoms with E-state index < -0.39 is 52.9 Å². The summed E-state index contributed by atoms with van der Waals surface area (Å²) < 4.78 is 108. The average Bonchev–Trinajstić information content (AvgIpc) is 1.20. The van der Waals surface area contributed by atoms with E-state index in [9.17, 15) is 45.1 Å². The molecular formula is C76H52F7O6S3+3. The van der Waals surface area contributed by atoms with Gasteiger partial charge in [-0.05, 0) is 194 Å². The van der Waals surface area contributed by atoms with Crippen LogP contribution in [0.4, 0.5) is 30.7 Å². The first-order valence-corrected chi connectivity index (χ1v) is 31.9. The Labute approximate surface area is 535 Å². The summed E-state index contributed by atoms with van der Waals surface area (Å²) in [6.45, 7) is 0. The van der Waals surface area contributed by atoms with Gasteiger partial charge in [0.15, 0.2) is 44.1 Å². The molecule has 12 aromatic rings. The Bertz CT molecular complexity index is 4230. The summed E-state index contributed by atoms with van der Waals surface area (Å²) in [6.07, 6.45) is -4.45. The van der Waals surface area contributed by atoms with Crippen LogP contribution in [0, 0.1) is 23.3 Å². The fourth-order valence-electron chi connectivity index (χ4n) is 9.11. The zero-order chi connectivity index (χ0) is 64.4. The van der Waals surface area contributed by atoms with Crippen molar-refractivity contribution in [2.75, 3.05) is 0 Å². The van der Waals surface area contributed by atoms with E-state index in [4.69, 9.17) is 14.2 Å². The van der Waals surface area contributed by atoms with Gasteiger partial charge in [-0.3, -0.25) is 0 Å². The van der Waals surface area contributed by atoms with Crippen LogP contribution >= 0.6 is 0 Å². The minimum Gasteiger partial charge on any atom is -0.423 e. The minimum atomic E-state index is -4.45. The quantitative estimate of drug-likeness (QED) is 0.0440. The molecule has 12 aromatic carbocycles. The molecule has 0 saturated heterocycles. The van der Waals surface area contributed by atoms with Crippen molar-refractivity contribution in [1.82, 2.24) is 0 Å². The zero-order valence-electron chi connectivity index (χ0n) is 48.3. The number of benzene rings is 12. The van der Waals surface area contributed by atoms with Crippen LogP contribution in [0.15, 0.2) is 360 Å². The van der Waals surface area contributed by atoms with E-state index in [1.165, 1.54) is 19.6 Å². The van der Waals surface area contributed by atoms with Crippen LogP contribution in [0.5, 0.6) is 17.2 Å². The summed E-state index contributed by atoms with van der Waals surface area (Å²) >= 11 is 0. The smallest absolute Gasteiger partial charge is 0.416 e. The van der Waals surface area contributed by atoms with Crippen molar-refractivity contribution in [2.45, 2.75) is 50.2 Å². The molecular weight excluding hydrogens is 1240 g/mol. The van der Waals surface area contributed by atoms with Gasteiger partial charge in [0.05, 0.1) is 54.9 Å². The van der Waals surface area contributed by atoms with Crippen molar-refractivity contribution < 1.29 is 59.3 Å². The molecule has 0 aliphatic carbocycles. The van der Waals surface area contributed by atoms with Gasteiger partial charge < -0.3 is 14.2 Å². The van der Waals surface area contributed by atoms with Crippen LogP contribution in [-0.4, -0.2) is 17.9 Å². The van der Waals surface area contributed by atoms with E-state index >= 15 is 0 Å². The van der Waals surface area contributed by atoms with Gasteiger partial charge in [-0.15, -0.1) is 0 Å². The van der Waals surface area contributed by atoms with Crippen LogP contribution in [0.25, 0.3) is 0 Å². The second-order valence-electron chi connectivity index (χ2n) is 19.7. The summed E-state index contributed by atoms with van der Waals surface area (Å²) in [5.41, 5.74) is -1.25. The molecule has 0 fully saturated rings. The first-order chi connectivity index (χ1) is 44.6. The number of carbonyl (C=O) groups is 3. The Kier molecular flexibility index (Phi) is 21.7. The van der Waals surface area contributed by atoms with E-state index in [-0.39, 0.29) is 55.1 Å². The lowest BCUT2D eigenvalue weighted by Gasteiger charge is -2.09. The molecule has 0 aliphatic heterocycles. The first-order valence-electron chi connectivity index (χ1n) is 28.2. The molecule has 456 valence electrons. The summed E-state index contributed by atoms with van der Waals surface area (Å²) in [5, 5.41) is 0. The number of hydrogen-bond acceptors (Lipinski definition) is 6. The van der Waals surface area contributed by atoms with Crippen molar-refractivity contribution in [3.63, 3.8) is 0 Å². The fourth-order valence-corrected chi connectivity index (χ4v) is 15.4. The molecule has 0 amide bonds. The Balaban J connectivity index is 0.000000151. The second-order valence-corrected chi connectivity index (χ2v) is 25.8. The number of esters is 3. The van der Waals surface area contributed by atoms with E-state index in [1.807, 2.05) is 146 Å². The lowest BCUT2D eigenvalue weighted by molar-refractivity contribution is -0.137. The molecule has 0 aromatic heterocycles. The first kappa shape index (κ1) is 64.6. The van der Waals surface area contributed by atoms with Crippen LogP contribution in [0.2, 0.25) is 0 Å². The monoisotopic (exact) mass is 1290 g/mol. The molecule has 0 spiro atoms. The predicted octanol–water partition coefficient (Wildman–Crippen LogP) is 19.6. The summed E-state index contributed by atoms with van der Waals surface area (Å²) in [4.78, 5) is 47.0. The third-order valence-electron chi connectivity index (χ3n) is 13.4. The Morgan fingerprint density at radius 1 is 0.272 bits per heavy atom. The number of carbonyl (C=O) groups excluding carboxylic acids is 3. The third kappa shape index (κ3) is 17.3. The Hall–Kier alpha value is -10.4. The summed E-state index contributed by atoms with van der Waals surface area (Å²) in [7, 11) is -0.967. The third-order valence-corrected chi connectivity index (χ3v) is 20.1. The van der Waals surface area contributed by atoms with Crippen molar-refractivity contribution >= 4 is 50.6 Å². The molecule has 0 aliphatic rings. The molecule has 92 heavy (non-hydrogen) atoms. The van der Waals surface area contributed by atoms with Gasteiger partial charge in [0.25, 0.3) is 0 Å². The Morgan fingerprint density at radius 2 is 0.554 bits per heavy atom. The average molecular weight is 1290 g/mol. The number of alkyl halides is 3. The van der Waals surface area contributed by atoms with Crippen LogP contribution in [0.3, 0.4) is 0 Å². The van der Waals surface area contributed by atoms with Gasteiger partial charge in [-0.25, -0.2) is 31.9 Å². The predicted molar refractivity (Wildman–Crippen MR) is 344 cm³/mol. The standard InChI is InChI=1S/C26H18F3O2S.2C25H17F2O2S/c27-26(28,29)20-13-11-19(12-14-20)25(30)31-21-15-17-24(18-16-21)32(22-7-3-1-4-8-22)23-9-5-2-6-10-23;26-18-11-16-23(24(27)17-18)25(28)29-19-12-14-22(15-13-19)30(20-7-3-1-4-8-20)21-9-5-2-6-10-21;26-19-15-18(16-20(27)17-19)25(28)29-21-11-13-24(14-12-21)30(22-7-3-1-4-8-22)23-9-5-2-6-10-23/h1-18H;2*1-17H/q3*+1. The number of rotatable bonds is 15. The number of hydrogen-bond donors (Lipinski definition) is 0.